The van der Waals surface area contributed by atoms with Gasteiger partial charge in [-0.1, -0.05) is 11.3 Å². The molecular formula is C11H8N4O3S. The topological polar surface area (TPSA) is 97.5 Å². The van der Waals surface area contributed by atoms with Crippen molar-refractivity contribution in [1.29, 1.82) is 0 Å². The Hall–Kier alpha value is -2.61. The maximum absolute atomic E-state index is 11.6. The third kappa shape index (κ3) is 3.42. The van der Waals surface area contributed by atoms with Gasteiger partial charge in [-0.25, -0.2) is 5.43 Å². The minimum atomic E-state index is -0.476. The number of nitrogens with zero attached hydrogens (tertiary/aromatic N) is 3. The lowest BCUT2D eigenvalue weighted by Gasteiger charge is -1.97. The fourth-order valence-electron chi connectivity index (χ4n) is 1.23. The van der Waals surface area contributed by atoms with E-state index >= 15 is 0 Å². The zero-order valence-electron chi connectivity index (χ0n) is 9.52. The molecule has 96 valence electrons. The van der Waals surface area contributed by atoms with Gasteiger partial charge in [0, 0.05) is 18.5 Å². The Bertz CT molecular complexity index is 624. The molecule has 1 amide bonds. The van der Waals surface area contributed by atoms with E-state index in [9.17, 15) is 14.9 Å². The molecule has 0 radical (unpaired) electrons. The zero-order valence-corrected chi connectivity index (χ0v) is 10.3. The molecule has 2 aromatic heterocycles. The van der Waals surface area contributed by atoms with Gasteiger partial charge in [0.2, 0.25) is 0 Å². The fourth-order valence-corrected chi connectivity index (χ4v) is 1.92. The average Bonchev–Trinajstić information content (AvgIpc) is 2.89. The van der Waals surface area contributed by atoms with Crippen molar-refractivity contribution in [3.8, 4) is 0 Å². The number of carbonyl (C=O) groups excluding carboxylic acids is 1. The van der Waals surface area contributed by atoms with Crippen LogP contribution in [0.15, 0.2) is 41.8 Å². The van der Waals surface area contributed by atoms with E-state index in [1.165, 1.54) is 18.5 Å². The number of pyridine rings is 1. The number of amides is 1. The van der Waals surface area contributed by atoms with Crippen LogP contribution < -0.4 is 5.43 Å². The van der Waals surface area contributed by atoms with Crippen molar-refractivity contribution in [2.45, 2.75) is 0 Å². The fraction of sp³-hybridized carbons (Fsp3) is 0. The summed E-state index contributed by atoms with van der Waals surface area (Å²) in [7, 11) is 0. The first-order chi connectivity index (χ1) is 9.16. The third-order valence-electron chi connectivity index (χ3n) is 2.07. The van der Waals surface area contributed by atoms with Crippen LogP contribution in [0.2, 0.25) is 0 Å². The highest BCUT2D eigenvalue weighted by atomic mass is 32.1. The van der Waals surface area contributed by atoms with E-state index in [-0.39, 0.29) is 5.00 Å². The van der Waals surface area contributed by atoms with Crippen molar-refractivity contribution in [2.24, 2.45) is 5.10 Å². The normalized spacial score (nSPS) is 10.5. The van der Waals surface area contributed by atoms with E-state index in [4.69, 9.17) is 0 Å². The van der Waals surface area contributed by atoms with Crippen molar-refractivity contribution >= 4 is 28.5 Å². The van der Waals surface area contributed by atoms with Crippen LogP contribution in [0, 0.1) is 10.1 Å². The number of nitro groups is 1. The molecule has 7 nitrogen and oxygen atoms in total. The lowest BCUT2D eigenvalue weighted by atomic mass is 10.3. The Morgan fingerprint density at radius 2 is 2.32 bits per heavy atom. The largest absolute Gasteiger partial charge is 0.324 e. The first-order valence-electron chi connectivity index (χ1n) is 5.14. The lowest BCUT2D eigenvalue weighted by Crippen LogP contribution is -2.17. The van der Waals surface area contributed by atoms with E-state index in [2.05, 4.69) is 15.5 Å². The molecule has 0 unspecified atom stereocenters. The molecule has 0 aliphatic carbocycles. The highest BCUT2D eigenvalue weighted by Gasteiger charge is 2.08. The van der Waals surface area contributed by atoms with Crippen LogP contribution in [-0.2, 0) is 0 Å². The molecule has 2 rings (SSSR count). The molecule has 0 bridgehead atoms. The molecule has 0 aromatic carbocycles. The van der Waals surface area contributed by atoms with Gasteiger partial charge in [0.1, 0.15) is 0 Å². The quantitative estimate of drug-likeness (QED) is 0.523. The maximum Gasteiger partial charge on any atom is 0.324 e. The predicted octanol–water partition coefficient (Wildman–Crippen LogP) is 1.82. The Morgan fingerprint density at radius 1 is 1.47 bits per heavy atom. The predicted molar refractivity (Wildman–Crippen MR) is 70.3 cm³/mol. The van der Waals surface area contributed by atoms with Crippen molar-refractivity contribution < 1.29 is 9.72 Å². The van der Waals surface area contributed by atoms with Gasteiger partial charge in [-0.05, 0) is 18.2 Å². The Balaban J connectivity index is 1.96. The number of thiophene rings is 1. The summed E-state index contributed by atoms with van der Waals surface area (Å²) < 4.78 is 0. The average molecular weight is 276 g/mol. The standard InChI is InChI=1S/C11H8N4O3S/c16-11(8-2-1-5-12-6-8)14-13-7-9-3-4-10(19-9)15(17)18/h1-7H,(H,14,16)/b13-7-. The molecule has 0 saturated heterocycles. The van der Waals surface area contributed by atoms with Gasteiger partial charge in [0.05, 0.1) is 21.6 Å². The van der Waals surface area contributed by atoms with Crippen LogP contribution in [0.4, 0.5) is 5.00 Å². The molecule has 0 spiro atoms. The van der Waals surface area contributed by atoms with Crippen LogP contribution in [0.3, 0.4) is 0 Å². The van der Waals surface area contributed by atoms with Crippen LogP contribution in [0.25, 0.3) is 0 Å². The highest BCUT2D eigenvalue weighted by Crippen LogP contribution is 2.22. The molecule has 0 fully saturated rings. The van der Waals surface area contributed by atoms with Crippen molar-refractivity contribution in [3.05, 3.63) is 57.2 Å². The second-order valence-corrected chi connectivity index (χ2v) is 4.47. The minimum absolute atomic E-state index is 0.0278. The van der Waals surface area contributed by atoms with E-state index in [1.54, 1.807) is 24.4 Å². The molecule has 0 aliphatic heterocycles. The monoisotopic (exact) mass is 276 g/mol. The van der Waals surface area contributed by atoms with Crippen LogP contribution in [0.1, 0.15) is 15.2 Å². The summed E-state index contributed by atoms with van der Waals surface area (Å²) in [6, 6.07) is 6.19. The van der Waals surface area contributed by atoms with E-state index in [1.807, 2.05) is 0 Å². The summed E-state index contributed by atoms with van der Waals surface area (Å²) in [5, 5.41) is 14.2. The van der Waals surface area contributed by atoms with Crippen molar-refractivity contribution in [2.75, 3.05) is 0 Å². The molecule has 19 heavy (non-hydrogen) atoms. The highest BCUT2D eigenvalue weighted by molar-refractivity contribution is 7.16. The zero-order chi connectivity index (χ0) is 13.7. The molecule has 0 atom stereocenters. The summed E-state index contributed by atoms with van der Waals surface area (Å²) in [5.74, 6) is -0.393. The van der Waals surface area contributed by atoms with Crippen LogP contribution in [0.5, 0.6) is 0 Å². The molecule has 8 heteroatoms. The Labute approximate surface area is 111 Å². The number of hydrogen-bond donors (Lipinski definition) is 1. The van der Waals surface area contributed by atoms with Crippen LogP contribution >= 0.6 is 11.3 Å². The number of rotatable bonds is 4. The summed E-state index contributed by atoms with van der Waals surface area (Å²) in [6.07, 6.45) is 4.33. The van der Waals surface area contributed by atoms with Gasteiger partial charge in [0.25, 0.3) is 5.91 Å². The summed E-state index contributed by atoms with van der Waals surface area (Å²) in [4.78, 5) is 26.0. The van der Waals surface area contributed by atoms with Crippen molar-refractivity contribution in [3.63, 3.8) is 0 Å². The van der Waals surface area contributed by atoms with Gasteiger partial charge in [-0.2, -0.15) is 5.10 Å². The van der Waals surface area contributed by atoms with Gasteiger partial charge in [-0.15, -0.1) is 0 Å². The SMILES string of the molecule is O=C(N/N=C\c1ccc([N+](=O)[O-])s1)c1cccnc1. The smallest absolute Gasteiger partial charge is 0.267 e. The number of hydrogen-bond acceptors (Lipinski definition) is 6. The maximum atomic E-state index is 11.6. The number of hydrazone groups is 1. The first-order valence-corrected chi connectivity index (χ1v) is 5.96. The van der Waals surface area contributed by atoms with Gasteiger partial charge in [0.15, 0.2) is 0 Å². The summed E-state index contributed by atoms with van der Waals surface area (Å²) in [6.45, 7) is 0. The van der Waals surface area contributed by atoms with Crippen molar-refractivity contribution in [1.82, 2.24) is 10.4 Å². The number of aromatic nitrogens is 1. The lowest BCUT2D eigenvalue weighted by molar-refractivity contribution is -0.380. The molecule has 0 saturated carbocycles. The van der Waals surface area contributed by atoms with E-state index < -0.39 is 10.8 Å². The van der Waals surface area contributed by atoms with Gasteiger partial charge >= 0.3 is 5.00 Å². The minimum Gasteiger partial charge on any atom is -0.267 e. The Morgan fingerprint density at radius 3 is 2.95 bits per heavy atom. The van der Waals surface area contributed by atoms with E-state index in [0.717, 1.165) is 11.3 Å². The van der Waals surface area contributed by atoms with Gasteiger partial charge in [-0.3, -0.25) is 19.9 Å². The molecule has 0 aliphatic rings. The number of nitrogens with one attached hydrogen (secondary N) is 1. The first kappa shape index (κ1) is 12.8. The second-order valence-electron chi connectivity index (χ2n) is 3.37. The number of carbonyl (C=O) groups is 1. The summed E-state index contributed by atoms with van der Waals surface area (Å²) >= 11 is 0.976. The molecule has 2 heterocycles. The van der Waals surface area contributed by atoms with Crippen LogP contribution in [-0.4, -0.2) is 22.0 Å². The molecular weight excluding hydrogens is 268 g/mol. The molecule has 1 N–H and O–H groups in total. The Kier molecular flexibility index (Phi) is 3.94. The second kappa shape index (κ2) is 5.83. The summed E-state index contributed by atoms with van der Waals surface area (Å²) in [5.41, 5.74) is 2.70. The van der Waals surface area contributed by atoms with E-state index in [0.29, 0.717) is 10.4 Å². The third-order valence-corrected chi connectivity index (χ3v) is 3.05. The molecule has 2 aromatic rings. The van der Waals surface area contributed by atoms with Gasteiger partial charge < -0.3 is 0 Å².